The van der Waals surface area contributed by atoms with Crippen LogP contribution in [0.1, 0.15) is 53.9 Å². The molecular formula is C14H31NO4. The van der Waals surface area contributed by atoms with Gasteiger partial charge in [0.1, 0.15) is 5.78 Å². The number of hydrogen-bond donors (Lipinski definition) is 2. The molecule has 1 fully saturated rings. The zero-order valence-electron chi connectivity index (χ0n) is 13.0. The Morgan fingerprint density at radius 1 is 1.37 bits per heavy atom. The lowest BCUT2D eigenvalue weighted by Crippen LogP contribution is -2.28. The highest BCUT2D eigenvalue weighted by Crippen LogP contribution is 2.01. The van der Waals surface area contributed by atoms with Crippen molar-refractivity contribution in [2.75, 3.05) is 13.2 Å². The first-order valence-corrected chi connectivity index (χ1v) is 6.84. The lowest BCUT2D eigenvalue weighted by molar-refractivity contribution is -0.123. The van der Waals surface area contributed by atoms with Gasteiger partial charge in [-0.1, -0.05) is 27.7 Å². The number of ketones is 1. The highest BCUT2D eigenvalue weighted by atomic mass is 16.5. The van der Waals surface area contributed by atoms with Crippen LogP contribution in [0.2, 0.25) is 0 Å². The fraction of sp³-hybridized carbons (Fsp3) is 0.857. The third-order valence-corrected chi connectivity index (χ3v) is 1.96. The maximum absolute atomic E-state index is 10.3. The standard InChI is InChI=1S/C6H12O.C5H11NO.C2H6.CH2O2/c1-5(2)4-6(3)7;6-5-1-3-7-4-2-5;1-2;2-1-3/h5H,4H2,1-3H3;5H,1-4,6H2;1-2H3;1H,(H,2,3). The van der Waals surface area contributed by atoms with Crippen molar-refractivity contribution in [3.8, 4) is 0 Å². The smallest absolute Gasteiger partial charge is 0.290 e. The summed E-state index contributed by atoms with van der Waals surface area (Å²) in [5, 5.41) is 6.89. The summed E-state index contributed by atoms with van der Waals surface area (Å²) < 4.78 is 5.06. The Hall–Kier alpha value is -0.940. The van der Waals surface area contributed by atoms with E-state index in [0.717, 1.165) is 32.5 Å². The minimum absolute atomic E-state index is 0.250. The van der Waals surface area contributed by atoms with Crippen molar-refractivity contribution < 1.29 is 19.4 Å². The average molecular weight is 277 g/mol. The van der Waals surface area contributed by atoms with E-state index in [1.165, 1.54) is 0 Å². The molecule has 1 aliphatic rings. The number of carbonyl (C=O) groups excluding carboxylic acids is 1. The first kappa shape index (κ1) is 23.2. The van der Waals surface area contributed by atoms with Gasteiger partial charge in [0, 0.05) is 25.7 Å². The molecule has 5 heteroatoms. The maximum atomic E-state index is 10.3. The Bertz CT molecular complexity index is 190. The molecule has 116 valence electrons. The van der Waals surface area contributed by atoms with E-state index < -0.39 is 0 Å². The number of carboxylic acid groups (broad SMARTS) is 1. The zero-order valence-corrected chi connectivity index (χ0v) is 13.0. The first-order chi connectivity index (χ1) is 8.93. The Kier molecular flexibility index (Phi) is 23.7. The Balaban J connectivity index is -0.000000203. The number of hydrogen-bond acceptors (Lipinski definition) is 4. The van der Waals surface area contributed by atoms with Gasteiger partial charge in [-0.05, 0) is 25.7 Å². The van der Waals surface area contributed by atoms with Crippen molar-refractivity contribution in [2.24, 2.45) is 11.7 Å². The molecule has 0 atom stereocenters. The SMILES string of the molecule is CC.CC(=O)CC(C)C.NC1CCOCC1.O=CO. The molecule has 1 aliphatic heterocycles. The van der Waals surface area contributed by atoms with E-state index in [2.05, 4.69) is 0 Å². The normalized spacial score (nSPS) is 13.8. The summed E-state index contributed by atoms with van der Waals surface area (Å²) in [6, 6.07) is 0.411. The first-order valence-electron chi connectivity index (χ1n) is 6.84. The van der Waals surface area contributed by atoms with Gasteiger partial charge < -0.3 is 20.4 Å². The number of ether oxygens (including phenoxy) is 1. The van der Waals surface area contributed by atoms with Crippen molar-refractivity contribution in [1.82, 2.24) is 0 Å². The third kappa shape index (κ3) is 31.6. The molecule has 0 aromatic heterocycles. The zero-order chi connectivity index (χ0) is 15.7. The topological polar surface area (TPSA) is 89.6 Å². The van der Waals surface area contributed by atoms with Gasteiger partial charge in [-0.2, -0.15) is 0 Å². The summed E-state index contributed by atoms with van der Waals surface area (Å²) in [6.07, 6.45) is 2.81. The van der Waals surface area contributed by atoms with Crippen molar-refractivity contribution in [3.05, 3.63) is 0 Å². The van der Waals surface area contributed by atoms with Crippen LogP contribution in [0.4, 0.5) is 0 Å². The average Bonchev–Trinajstić information content (AvgIpc) is 2.32. The van der Waals surface area contributed by atoms with Gasteiger partial charge in [0.2, 0.25) is 0 Å². The minimum atomic E-state index is -0.250. The van der Waals surface area contributed by atoms with Crippen LogP contribution < -0.4 is 5.73 Å². The molecule has 0 unspecified atom stereocenters. The van der Waals surface area contributed by atoms with Crippen LogP contribution in [-0.4, -0.2) is 36.6 Å². The van der Waals surface area contributed by atoms with Crippen LogP contribution in [0.25, 0.3) is 0 Å². The molecule has 0 aromatic rings. The van der Waals surface area contributed by atoms with E-state index in [1.807, 2.05) is 27.7 Å². The van der Waals surface area contributed by atoms with E-state index in [0.29, 0.717) is 12.0 Å². The Labute approximate surface area is 117 Å². The van der Waals surface area contributed by atoms with Crippen molar-refractivity contribution in [2.45, 2.75) is 59.9 Å². The quantitative estimate of drug-likeness (QED) is 0.757. The molecule has 0 amide bonds. The lowest BCUT2D eigenvalue weighted by atomic mass is 10.1. The molecule has 1 rings (SSSR count). The molecule has 3 N–H and O–H groups in total. The second-order valence-corrected chi connectivity index (χ2v) is 4.36. The predicted octanol–water partition coefficient (Wildman–Crippen LogP) is 2.47. The van der Waals surface area contributed by atoms with Crippen LogP contribution in [0.3, 0.4) is 0 Å². The second kappa shape index (κ2) is 19.4. The van der Waals surface area contributed by atoms with Crippen LogP contribution >= 0.6 is 0 Å². The third-order valence-electron chi connectivity index (χ3n) is 1.96. The van der Waals surface area contributed by atoms with Crippen molar-refractivity contribution >= 4 is 12.3 Å². The molecule has 1 saturated heterocycles. The Morgan fingerprint density at radius 2 is 1.74 bits per heavy atom. The Morgan fingerprint density at radius 3 is 1.84 bits per heavy atom. The summed E-state index contributed by atoms with van der Waals surface area (Å²) >= 11 is 0. The fourth-order valence-electron chi connectivity index (χ4n) is 1.29. The van der Waals surface area contributed by atoms with Gasteiger partial charge >= 0.3 is 0 Å². The van der Waals surface area contributed by atoms with Crippen molar-refractivity contribution in [1.29, 1.82) is 0 Å². The van der Waals surface area contributed by atoms with E-state index in [1.54, 1.807) is 6.92 Å². The molecule has 0 bridgehead atoms. The highest BCUT2D eigenvalue weighted by molar-refractivity contribution is 5.75. The number of carbonyl (C=O) groups is 2. The summed E-state index contributed by atoms with van der Waals surface area (Å²) in [6.45, 7) is 11.2. The van der Waals surface area contributed by atoms with Gasteiger partial charge in [0.15, 0.2) is 0 Å². The van der Waals surface area contributed by atoms with Crippen molar-refractivity contribution in [3.63, 3.8) is 0 Å². The maximum Gasteiger partial charge on any atom is 0.290 e. The summed E-state index contributed by atoms with van der Waals surface area (Å²) in [5.74, 6) is 0.813. The van der Waals surface area contributed by atoms with E-state index in [-0.39, 0.29) is 12.3 Å². The van der Waals surface area contributed by atoms with Crippen LogP contribution in [0, 0.1) is 5.92 Å². The molecule has 0 aliphatic carbocycles. The molecule has 19 heavy (non-hydrogen) atoms. The van der Waals surface area contributed by atoms with E-state index in [9.17, 15) is 4.79 Å². The largest absolute Gasteiger partial charge is 0.483 e. The molecule has 0 spiro atoms. The molecule has 5 nitrogen and oxygen atoms in total. The molecule has 0 saturated carbocycles. The summed E-state index contributed by atoms with van der Waals surface area (Å²) in [4.78, 5) is 18.6. The molecular weight excluding hydrogens is 246 g/mol. The van der Waals surface area contributed by atoms with Crippen LogP contribution in [0.5, 0.6) is 0 Å². The molecule has 0 radical (unpaired) electrons. The van der Waals surface area contributed by atoms with Gasteiger partial charge in [-0.25, -0.2) is 0 Å². The van der Waals surface area contributed by atoms with Crippen LogP contribution in [0.15, 0.2) is 0 Å². The van der Waals surface area contributed by atoms with Gasteiger partial charge in [0.05, 0.1) is 0 Å². The minimum Gasteiger partial charge on any atom is -0.483 e. The van der Waals surface area contributed by atoms with E-state index >= 15 is 0 Å². The predicted molar refractivity (Wildman–Crippen MR) is 78.2 cm³/mol. The second-order valence-electron chi connectivity index (χ2n) is 4.36. The lowest BCUT2D eigenvalue weighted by Gasteiger charge is -2.16. The van der Waals surface area contributed by atoms with Gasteiger partial charge in [-0.15, -0.1) is 0 Å². The number of Topliss-reactive ketones (excluding diaryl/α,β-unsaturated/α-hetero) is 1. The monoisotopic (exact) mass is 277 g/mol. The van der Waals surface area contributed by atoms with Crippen LogP contribution in [-0.2, 0) is 14.3 Å². The van der Waals surface area contributed by atoms with Gasteiger partial charge in [-0.3, -0.25) is 4.79 Å². The fourth-order valence-corrected chi connectivity index (χ4v) is 1.29. The molecule has 1 heterocycles. The number of rotatable bonds is 2. The van der Waals surface area contributed by atoms with E-state index in [4.69, 9.17) is 20.4 Å². The summed E-state index contributed by atoms with van der Waals surface area (Å²) in [7, 11) is 0. The van der Waals surface area contributed by atoms with Gasteiger partial charge in [0.25, 0.3) is 6.47 Å². The highest BCUT2D eigenvalue weighted by Gasteiger charge is 2.06. The molecule has 0 aromatic carbocycles. The summed E-state index contributed by atoms with van der Waals surface area (Å²) in [5.41, 5.74) is 5.55. The number of nitrogens with two attached hydrogens (primary N) is 1.